The third-order valence-corrected chi connectivity index (χ3v) is 6.66. The van der Waals surface area contributed by atoms with Crippen LogP contribution in [0.15, 0.2) is 48.8 Å². The quantitative estimate of drug-likeness (QED) is 0.315. The summed E-state index contributed by atoms with van der Waals surface area (Å²) in [6, 6.07) is 5.54. The number of amides is 3. The van der Waals surface area contributed by atoms with Crippen LogP contribution in [0.25, 0.3) is 0 Å². The molecule has 2 aromatic rings. The molecule has 1 unspecified atom stereocenters. The Kier molecular flexibility index (Phi) is 10.7. The van der Waals surface area contributed by atoms with E-state index in [1.165, 1.54) is 42.7 Å². The topological polar surface area (TPSA) is 126 Å². The number of aromatic nitrogens is 1. The van der Waals surface area contributed by atoms with Crippen molar-refractivity contribution in [2.45, 2.75) is 63.1 Å². The number of hydrogen-bond donors (Lipinski definition) is 3. The molecule has 39 heavy (non-hydrogen) atoms. The summed E-state index contributed by atoms with van der Waals surface area (Å²) in [5.41, 5.74) is -0.481. The number of unbranched alkanes of at least 4 members (excludes halogenated alkanes) is 1. The van der Waals surface area contributed by atoms with Crippen molar-refractivity contribution in [3.05, 3.63) is 64.9 Å². The fourth-order valence-electron chi connectivity index (χ4n) is 4.31. The van der Waals surface area contributed by atoms with Crippen LogP contribution in [0, 0.1) is 5.92 Å². The Labute approximate surface area is 230 Å². The summed E-state index contributed by atoms with van der Waals surface area (Å²) in [5.74, 6) is -4.97. The first-order valence-electron chi connectivity index (χ1n) is 12.7. The maximum Gasteiger partial charge on any atom is 0.408 e. The van der Waals surface area contributed by atoms with Crippen molar-refractivity contribution >= 4 is 35.8 Å². The van der Waals surface area contributed by atoms with E-state index in [1.54, 1.807) is 0 Å². The Hall–Kier alpha value is -3.60. The van der Waals surface area contributed by atoms with Gasteiger partial charge in [0, 0.05) is 41.0 Å². The molecule has 1 aliphatic rings. The summed E-state index contributed by atoms with van der Waals surface area (Å²) < 4.78 is 36.5. The van der Waals surface area contributed by atoms with Gasteiger partial charge >= 0.3 is 12.0 Å². The smallest absolute Gasteiger partial charge is 0.408 e. The van der Waals surface area contributed by atoms with Crippen molar-refractivity contribution < 1.29 is 32.7 Å². The number of ether oxygens (including phenoxy) is 1. The molecule has 0 saturated carbocycles. The number of nitrogens with zero attached hydrogens (tertiary/aromatic N) is 1. The van der Waals surface area contributed by atoms with E-state index in [0.717, 1.165) is 6.07 Å². The fourth-order valence-corrected chi connectivity index (χ4v) is 4.50. The first-order valence-corrected chi connectivity index (χ1v) is 13.1. The van der Waals surface area contributed by atoms with Gasteiger partial charge in [-0.15, -0.1) is 0 Å². The average Bonchev–Trinajstić information content (AvgIpc) is 3.33. The molecule has 9 nitrogen and oxygen atoms in total. The van der Waals surface area contributed by atoms with E-state index in [9.17, 15) is 19.2 Å². The number of carbonyl (C=O) groups is 4. The van der Waals surface area contributed by atoms with Gasteiger partial charge < -0.3 is 25.5 Å². The number of carbonyl (C=O) groups excluding carboxylic acids is 4. The lowest BCUT2D eigenvalue weighted by atomic mass is 9.97. The number of hydrogen-bond acceptors (Lipinski definition) is 6. The zero-order chi connectivity index (χ0) is 28.4. The molecule has 1 aromatic heterocycles. The number of aldehydes is 1. The van der Waals surface area contributed by atoms with E-state index in [4.69, 9.17) is 16.3 Å². The van der Waals surface area contributed by atoms with Crippen molar-refractivity contribution in [1.82, 2.24) is 20.9 Å². The minimum Gasteiger partial charge on any atom is -0.434 e. The lowest BCUT2D eigenvalue weighted by molar-refractivity contribution is -0.129. The molecule has 4 atom stereocenters. The zero-order valence-corrected chi connectivity index (χ0v) is 22.1. The second kappa shape index (κ2) is 14.0. The molecule has 3 N–H and O–H groups in total. The summed E-state index contributed by atoms with van der Waals surface area (Å²) in [4.78, 5) is 53.2. The highest BCUT2D eigenvalue weighted by atomic mass is 35.5. The van der Waals surface area contributed by atoms with Gasteiger partial charge in [-0.25, -0.2) is 4.79 Å². The Bertz CT molecular complexity index is 1150. The van der Waals surface area contributed by atoms with Gasteiger partial charge in [-0.05, 0) is 43.5 Å². The summed E-state index contributed by atoms with van der Waals surface area (Å²) in [6.07, 6.45) is 1.86. The summed E-state index contributed by atoms with van der Waals surface area (Å²) in [6.45, 7) is 2.37. The van der Waals surface area contributed by atoms with Crippen LogP contribution in [-0.4, -0.2) is 47.8 Å². The highest BCUT2D eigenvalue weighted by Crippen LogP contribution is 2.43. The van der Waals surface area contributed by atoms with Gasteiger partial charge in [0.15, 0.2) is 6.10 Å². The maximum atomic E-state index is 15.7. The van der Waals surface area contributed by atoms with Crippen LogP contribution in [0.5, 0.6) is 0 Å². The lowest BCUT2D eigenvalue weighted by Crippen LogP contribution is -2.51. The Morgan fingerprint density at radius 2 is 2.00 bits per heavy atom. The van der Waals surface area contributed by atoms with Crippen molar-refractivity contribution in [3.8, 4) is 0 Å². The maximum absolute atomic E-state index is 15.7. The Morgan fingerprint density at radius 1 is 1.26 bits per heavy atom. The number of alkyl halides is 2. The van der Waals surface area contributed by atoms with E-state index in [2.05, 4.69) is 20.9 Å². The molecule has 1 aromatic carbocycles. The number of nitrogens with one attached hydrogen (secondary N) is 3. The van der Waals surface area contributed by atoms with Crippen molar-refractivity contribution in [1.29, 1.82) is 0 Å². The average molecular weight is 565 g/mol. The van der Waals surface area contributed by atoms with Crippen LogP contribution in [0.3, 0.4) is 0 Å². The largest absolute Gasteiger partial charge is 0.434 e. The van der Waals surface area contributed by atoms with E-state index in [1.807, 2.05) is 6.92 Å². The summed E-state index contributed by atoms with van der Waals surface area (Å²) in [5, 5.41) is 7.68. The number of rotatable bonds is 13. The normalized spacial score (nSPS) is 17.4. The monoisotopic (exact) mass is 564 g/mol. The second-order valence-corrected chi connectivity index (χ2v) is 9.74. The van der Waals surface area contributed by atoms with Crippen molar-refractivity contribution in [2.75, 3.05) is 6.54 Å². The van der Waals surface area contributed by atoms with Crippen molar-refractivity contribution in [3.63, 3.8) is 0 Å². The van der Waals surface area contributed by atoms with Crippen molar-refractivity contribution in [2.24, 2.45) is 5.92 Å². The van der Waals surface area contributed by atoms with Gasteiger partial charge in [0.1, 0.15) is 12.3 Å². The molecule has 0 radical (unpaired) electrons. The number of pyridine rings is 1. The summed E-state index contributed by atoms with van der Waals surface area (Å²) in [7, 11) is 0. The molecule has 1 fully saturated rings. The van der Waals surface area contributed by atoms with E-state index >= 15 is 8.78 Å². The number of halogens is 3. The third kappa shape index (κ3) is 8.19. The van der Waals surface area contributed by atoms with Gasteiger partial charge in [0.25, 0.3) is 0 Å². The lowest BCUT2D eigenvalue weighted by Gasteiger charge is -2.28. The molecule has 3 rings (SSSR count). The minimum absolute atomic E-state index is 0.0180. The van der Waals surface area contributed by atoms with E-state index in [-0.39, 0.29) is 29.3 Å². The predicted octanol–water partition coefficient (Wildman–Crippen LogP) is 4.06. The highest BCUT2D eigenvalue weighted by Gasteiger charge is 2.46. The molecule has 210 valence electrons. The molecule has 0 aliphatic carbocycles. The van der Waals surface area contributed by atoms with E-state index in [0.29, 0.717) is 32.1 Å². The highest BCUT2D eigenvalue weighted by molar-refractivity contribution is 6.30. The first-order chi connectivity index (χ1) is 18.6. The Balaban J connectivity index is 1.76. The predicted molar refractivity (Wildman–Crippen MR) is 139 cm³/mol. The standard InChI is InChI=1S/C27H31ClF2N4O5/c1-2-3-7-22(25(37)33-21(16-35)14-18-10-13-32-24(18)36)34-26(38)39-23(17-8-11-31-12-9-17)27(29,30)19-5-4-6-20(28)15-19/h4-6,8-9,11-12,15-16,18,21-23H,2-3,7,10,13-14H2,1H3,(H,32,36)(H,33,37)(H,34,38)/t18-,21-,22-,23?/m0/s1. The van der Waals surface area contributed by atoms with E-state index < -0.39 is 47.6 Å². The molecular weight excluding hydrogens is 534 g/mol. The Morgan fingerprint density at radius 3 is 2.62 bits per heavy atom. The SMILES string of the molecule is CCCC[C@H](NC(=O)OC(c1ccncc1)C(F)(F)c1cccc(Cl)c1)C(=O)N[C@H](C=O)C[C@@H]1CCNC1=O. The molecule has 0 spiro atoms. The van der Waals surface area contributed by atoms with Crippen LogP contribution in [-0.2, 0) is 25.0 Å². The van der Waals surface area contributed by atoms with Gasteiger partial charge in [-0.3, -0.25) is 14.6 Å². The molecular formula is C27H31ClF2N4O5. The molecule has 1 saturated heterocycles. The second-order valence-electron chi connectivity index (χ2n) is 9.30. The van der Waals surface area contributed by atoms with Gasteiger partial charge in [-0.2, -0.15) is 8.78 Å². The van der Waals surface area contributed by atoms with Gasteiger partial charge in [0.05, 0.1) is 6.04 Å². The van der Waals surface area contributed by atoms with Crippen LogP contribution < -0.4 is 16.0 Å². The summed E-state index contributed by atoms with van der Waals surface area (Å²) >= 11 is 5.92. The van der Waals surface area contributed by atoms with Crippen LogP contribution >= 0.6 is 11.6 Å². The number of benzene rings is 1. The molecule has 2 heterocycles. The minimum atomic E-state index is -3.69. The zero-order valence-electron chi connectivity index (χ0n) is 21.4. The van der Waals surface area contributed by atoms with Crippen LogP contribution in [0.2, 0.25) is 5.02 Å². The van der Waals surface area contributed by atoms with Gasteiger partial charge in [0.2, 0.25) is 11.8 Å². The first kappa shape index (κ1) is 29.9. The fraction of sp³-hybridized carbons (Fsp3) is 0.444. The third-order valence-electron chi connectivity index (χ3n) is 6.42. The number of alkyl carbamates (subject to hydrolysis) is 1. The van der Waals surface area contributed by atoms with Gasteiger partial charge in [-0.1, -0.05) is 43.5 Å². The van der Waals surface area contributed by atoms with Crippen LogP contribution in [0.4, 0.5) is 13.6 Å². The van der Waals surface area contributed by atoms with Crippen LogP contribution in [0.1, 0.15) is 56.3 Å². The molecule has 0 bridgehead atoms. The molecule has 12 heteroatoms. The molecule has 3 amide bonds. The molecule has 1 aliphatic heterocycles.